The Hall–Kier alpha value is -4.46. The number of nitrogens with one attached hydrogen (secondary N) is 1. The van der Waals surface area contributed by atoms with Gasteiger partial charge in [-0.1, -0.05) is 6.07 Å². The van der Waals surface area contributed by atoms with E-state index < -0.39 is 23.8 Å². The number of carboxylic acid groups (broad SMARTS) is 1. The zero-order valence-corrected chi connectivity index (χ0v) is 20.1. The third-order valence-electron chi connectivity index (χ3n) is 6.02. The SMILES string of the molecule is Cc1cc(C)cc(N2C(=O)NC(=O)/C(=C\c3cc(C)n(-c4ccc(C(=O)O)cc4C)c3C)C2=O)c1. The van der Waals surface area contributed by atoms with Crippen LogP contribution in [0.25, 0.3) is 11.8 Å². The van der Waals surface area contributed by atoms with Crippen LogP contribution in [0.4, 0.5) is 10.5 Å². The molecule has 8 nitrogen and oxygen atoms in total. The minimum Gasteiger partial charge on any atom is -0.478 e. The van der Waals surface area contributed by atoms with Crippen LogP contribution in [0.3, 0.4) is 0 Å². The molecule has 3 aromatic rings. The molecule has 4 rings (SSSR count). The van der Waals surface area contributed by atoms with Crippen molar-refractivity contribution in [1.29, 1.82) is 0 Å². The summed E-state index contributed by atoms with van der Waals surface area (Å²) in [5.41, 5.74) is 6.00. The van der Waals surface area contributed by atoms with Crippen molar-refractivity contribution < 1.29 is 24.3 Å². The second-order valence-corrected chi connectivity index (χ2v) is 8.77. The van der Waals surface area contributed by atoms with E-state index in [9.17, 15) is 24.3 Å². The maximum Gasteiger partial charge on any atom is 0.335 e. The number of aromatic nitrogens is 1. The van der Waals surface area contributed by atoms with Gasteiger partial charge in [0.05, 0.1) is 11.3 Å². The predicted molar refractivity (Wildman–Crippen MR) is 132 cm³/mol. The van der Waals surface area contributed by atoms with E-state index in [1.54, 1.807) is 24.3 Å². The van der Waals surface area contributed by atoms with Gasteiger partial charge in [0.1, 0.15) is 5.57 Å². The van der Waals surface area contributed by atoms with Crippen LogP contribution < -0.4 is 10.2 Å². The van der Waals surface area contributed by atoms with E-state index in [2.05, 4.69) is 5.32 Å². The van der Waals surface area contributed by atoms with Crippen LogP contribution in [0.1, 0.15) is 44.0 Å². The van der Waals surface area contributed by atoms with E-state index in [1.807, 2.05) is 51.3 Å². The van der Waals surface area contributed by atoms with Crippen molar-refractivity contribution >= 4 is 35.6 Å². The van der Waals surface area contributed by atoms with Crippen LogP contribution >= 0.6 is 0 Å². The number of amides is 4. The van der Waals surface area contributed by atoms with Gasteiger partial charge in [-0.2, -0.15) is 0 Å². The second-order valence-electron chi connectivity index (χ2n) is 8.77. The smallest absolute Gasteiger partial charge is 0.335 e. The molecule has 2 aromatic carbocycles. The molecule has 0 saturated carbocycles. The minimum atomic E-state index is -1.00. The number of carboxylic acids is 1. The summed E-state index contributed by atoms with van der Waals surface area (Å²) in [7, 11) is 0. The van der Waals surface area contributed by atoms with E-state index in [-0.39, 0.29) is 11.1 Å². The molecule has 2 N–H and O–H groups in total. The third kappa shape index (κ3) is 4.26. The second kappa shape index (κ2) is 8.72. The van der Waals surface area contributed by atoms with E-state index in [0.717, 1.165) is 38.7 Å². The van der Waals surface area contributed by atoms with Crippen molar-refractivity contribution in [3.05, 3.63) is 87.2 Å². The number of carbonyl (C=O) groups is 4. The first-order chi connectivity index (χ1) is 16.5. The zero-order valence-electron chi connectivity index (χ0n) is 20.1. The molecule has 1 saturated heterocycles. The number of aryl methyl sites for hydroxylation is 4. The number of benzene rings is 2. The first-order valence-electron chi connectivity index (χ1n) is 11.0. The van der Waals surface area contributed by atoms with E-state index in [1.165, 1.54) is 12.1 Å². The molecule has 1 fully saturated rings. The summed E-state index contributed by atoms with van der Waals surface area (Å²) in [4.78, 5) is 50.8. The average Bonchev–Trinajstić information content (AvgIpc) is 3.03. The lowest BCUT2D eigenvalue weighted by Gasteiger charge is -2.27. The Kier molecular flexibility index (Phi) is 5.90. The lowest BCUT2D eigenvalue weighted by Crippen LogP contribution is -2.54. The highest BCUT2D eigenvalue weighted by Crippen LogP contribution is 2.28. The number of hydrogen-bond donors (Lipinski definition) is 2. The van der Waals surface area contributed by atoms with Crippen LogP contribution in [0.5, 0.6) is 0 Å². The lowest BCUT2D eigenvalue weighted by molar-refractivity contribution is -0.122. The Labute approximate surface area is 202 Å². The molecule has 0 atom stereocenters. The Morgan fingerprint density at radius 3 is 2.17 bits per heavy atom. The Balaban J connectivity index is 1.78. The lowest BCUT2D eigenvalue weighted by atomic mass is 10.1. The fraction of sp³-hybridized carbons (Fsp3) is 0.185. The van der Waals surface area contributed by atoms with Gasteiger partial charge in [-0.05, 0) is 99.3 Å². The third-order valence-corrected chi connectivity index (χ3v) is 6.02. The van der Waals surface area contributed by atoms with E-state index in [0.29, 0.717) is 11.3 Å². The summed E-state index contributed by atoms with van der Waals surface area (Å²) in [5.74, 6) is -2.46. The first-order valence-corrected chi connectivity index (χ1v) is 11.0. The van der Waals surface area contributed by atoms with Crippen LogP contribution in [0, 0.1) is 34.6 Å². The molecular formula is C27H25N3O5. The molecule has 0 bridgehead atoms. The van der Waals surface area contributed by atoms with Crippen molar-refractivity contribution in [3.8, 4) is 5.69 Å². The summed E-state index contributed by atoms with van der Waals surface area (Å²) in [6.45, 7) is 9.29. The van der Waals surface area contributed by atoms with Crippen molar-refractivity contribution in [3.63, 3.8) is 0 Å². The molecule has 4 amide bonds. The molecule has 0 radical (unpaired) electrons. The number of urea groups is 1. The number of rotatable bonds is 4. The van der Waals surface area contributed by atoms with Crippen molar-refractivity contribution in [2.75, 3.05) is 4.90 Å². The summed E-state index contributed by atoms with van der Waals surface area (Å²) in [6, 6.07) is 11.3. The highest BCUT2D eigenvalue weighted by molar-refractivity contribution is 6.39. The quantitative estimate of drug-likeness (QED) is 0.434. The summed E-state index contributed by atoms with van der Waals surface area (Å²) in [5, 5.41) is 11.5. The maximum absolute atomic E-state index is 13.3. The summed E-state index contributed by atoms with van der Waals surface area (Å²) >= 11 is 0. The molecule has 35 heavy (non-hydrogen) atoms. The average molecular weight is 472 g/mol. The van der Waals surface area contributed by atoms with Gasteiger partial charge in [-0.3, -0.25) is 14.9 Å². The van der Waals surface area contributed by atoms with Crippen LogP contribution in [0.15, 0.2) is 48.0 Å². The van der Waals surface area contributed by atoms with Gasteiger partial charge in [0.15, 0.2) is 0 Å². The largest absolute Gasteiger partial charge is 0.478 e. The molecule has 0 spiro atoms. The number of anilines is 1. The molecule has 8 heteroatoms. The standard InChI is InChI=1S/C27H25N3O5/c1-14-8-15(2)10-21(9-14)30-25(32)22(24(31)28-27(30)35)13-20-12-17(4)29(18(20)5)23-7-6-19(26(33)34)11-16(23)3/h6-13H,1-5H3,(H,33,34)(H,28,31,35)/b22-13+. The molecule has 0 aliphatic carbocycles. The number of carbonyl (C=O) groups excluding carboxylic acids is 3. The Bertz CT molecular complexity index is 1440. The number of imide groups is 2. The number of aromatic carboxylic acids is 1. The van der Waals surface area contributed by atoms with Crippen molar-refractivity contribution in [1.82, 2.24) is 9.88 Å². The monoisotopic (exact) mass is 471 g/mol. The Morgan fingerprint density at radius 2 is 1.57 bits per heavy atom. The summed E-state index contributed by atoms with van der Waals surface area (Å²) in [6.07, 6.45) is 1.49. The van der Waals surface area contributed by atoms with Crippen LogP contribution in [-0.4, -0.2) is 33.5 Å². The van der Waals surface area contributed by atoms with Crippen molar-refractivity contribution in [2.24, 2.45) is 0 Å². The Morgan fingerprint density at radius 1 is 0.914 bits per heavy atom. The van der Waals surface area contributed by atoms with Crippen molar-refractivity contribution in [2.45, 2.75) is 34.6 Å². The molecular weight excluding hydrogens is 446 g/mol. The van der Waals surface area contributed by atoms with Gasteiger partial charge >= 0.3 is 12.0 Å². The van der Waals surface area contributed by atoms with Gasteiger partial charge in [0.2, 0.25) is 0 Å². The van der Waals surface area contributed by atoms with Crippen LogP contribution in [-0.2, 0) is 9.59 Å². The van der Waals surface area contributed by atoms with Gasteiger partial charge in [-0.15, -0.1) is 0 Å². The van der Waals surface area contributed by atoms with E-state index >= 15 is 0 Å². The fourth-order valence-corrected chi connectivity index (χ4v) is 4.47. The molecule has 1 aromatic heterocycles. The highest BCUT2D eigenvalue weighted by Gasteiger charge is 2.37. The number of nitrogens with zero attached hydrogens (tertiary/aromatic N) is 2. The van der Waals surface area contributed by atoms with Gasteiger partial charge in [0.25, 0.3) is 11.8 Å². The molecule has 178 valence electrons. The molecule has 1 aliphatic heterocycles. The molecule has 0 unspecified atom stereocenters. The topological polar surface area (TPSA) is 109 Å². The maximum atomic E-state index is 13.3. The fourth-order valence-electron chi connectivity index (χ4n) is 4.47. The van der Waals surface area contributed by atoms with Gasteiger partial charge in [-0.25, -0.2) is 14.5 Å². The van der Waals surface area contributed by atoms with Gasteiger partial charge < -0.3 is 9.67 Å². The normalized spacial score (nSPS) is 15.1. The summed E-state index contributed by atoms with van der Waals surface area (Å²) < 4.78 is 1.94. The predicted octanol–water partition coefficient (Wildman–Crippen LogP) is 4.38. The van der Waals surface area contributed by atoms with E-state index in [4.69, 9.17) is 0 Å². The molecule has 1 aliphatic rings. The van der Waals surface area contributed by atoms with Gasteiger partial charge in [0, 0.05) is 17.1 Å². The highest BCUT2D eigenvalue weighted by atomic mass is 16.4. The number of hydrogen-bond acceptors (Lipinski definition) is 4. The zero-order chi connectivity index (χ0) is 25.6. The first kappa shape index (κ1) is 23.7. The van der Waals surface area contributed by atoms with Crippen LogP contribution in [0.2, 0.25) is 0 Å². The molecule has 2 heterocycles. The minimum absolute atomic E-state index is 0.151. The number of barbiturate groups is 1.